The van der Waals surface area contributed by atoms with Crippen molar-refractivity contribution in [1.82, 2.24) is 0 Å². The predicted molar refractivity (Wildman–Crippen MR) is 126 cm³/mol. The Bertz CT molecular complexity index is 948. The number of aryl methyl sites for hydroxylation is 2. The molecule has 164 valence electrons. The molecule has 5 atom stereocenters. The monoisotopic (exact) mass is 417 g/mol. The summed E-state index contributed by atoms with van der Waals surface area (Å²) in [5.41, 5.74) is 12.2. The molecule has 3 heteroatoms. The Morgan fingerprint density at radius 1 is 1.06 bits per heavy atom. The first-order valence-corrected chi connectivity index (χ1v) is 11.6. The Balaban J connectivity index is 1.32. The van der Waals surface area contributed by atoms with Gasteiger partial charge in [0.1, 0.15) is 0 Å². The molecule has 3 nitrogen and oxygen atoms in total. The highest BCUT2D eigenvalue weighted by Gasteiger charge is 2.43. The summed E-state index contributed by atoms with van der Waals surface area (Å²) in [5, 5.41) is 21.1. The minimum absolute atomic E-state index is 0.131. The van der Waals surface area contributed by atoms with Crippen molar-refractivity contribution in [1.29, 1.82) is 0 Å². The number of hydrogen-bond acceptors (Lipinski definition) is 3. The summed E-state index contributed by atoms with van der Waals surface area (Å²) in [7, 11) is 0. The fraction of sp³-hybridized carbons (Fsp3) is 0.429. The van der Waals surface area contributed by atoms with Crippen LogP contribution in [0.4, 0.5) is 0 Å². The first-order valence-electron chi connectivity index (χ1n) is 11.6. The molecule has 2 aromatic rings. The highest BCUT2D eigenvalue weighted by Crippen LogP contribution is 2.48. The minimum Gasteiger partial charge on any atom is -0.392 e. The van der Waals surface area contributed by atoms with Crippen molar-refractivity contribution in [3.8, 4) is 0 Å². The lowest BCUT2D eigenvalue weighted by Gasteiger charge is -2.19. The molecule has 0 aliphatic heterocycles. The number of allylic oxidation sites excluding steroid dienone is 2. The number of benzene rings is 2. The Morgan fingerprint density at radius 2 is 1.84 bits per heavy atom. The van der Waals surface area contributed by atoms with Crippen LogP contribution >= 0.6 is 0 Å². The van der Waals surface area contributed by atoms with Gasteiger partial charge in [0.2, 0.25) is 0 Å². The number of aliphatic hydroxyl groups is 2. The minimum atomic E-state index is -0.517. The highest BCUT2D eigenvalue weighted by molar-refractivity contribution is 5.27. The van der Waals surface area contributed by atoms with Gasteiger partial charge in [-0.05, 0) is 61.1 Å². The zero-order valence-electron chi connectivity index (χ0n) is 18.5. The van der Waals surface area contributed by atoms with E-state index in [0.29, 0.717) is 24.8 Å². The SMILES string of the molecule is Cc1cccc(C[C@H](O)/C=C/[C@@H]2[C@H]3CC(CCc4cccc(CN)c4)=C[C@H]3C[C@H]2O)c1. The fourth-order valence-corrected chi connectivity index (χ4v) is 5.41. The maximum atomic E-state index is 10.6. The number of fused-ring (bicyclic) bond motifs is 1. The van der Waals surface area contributed by atoms with E-state index in [1.54, 1.807) is 0 Å². The number of aliphatic hydroxyl groups excluding tert-OH is 2. The Kier molecular flexibility index (Phi) is 7.06. The van der Waals surface area contributed by atoms with Crippen molar-refractivity contribution < 1.29 is 10.2 Å². The standard InChI is InChI=1S/C28H35NO2/c1-19-4-2-6-21(12-19)15-25(30)10-11-26-27-16-22(14-24(27)17-28(26)31)9-8-20-5-3-7-23(13-20)18-29/h2-7,10-14,24-28,30-31H,8-9,15-18,29H2,1H3/b11-10+/t24-,25+,26+,27-,28+/m0/s1. The molecule has 0 heterocycles. The molecule has 4 rings (SSSR count). The lowest BCUT2D eigenvalue weighted by atomic mass is 9.88. The molecule has 0 unspecified atom stereocenters. The Labute approximate surface area is 186 Å². The average molecular weight is 418 g/mol. The van der Waals surface area contributed by atoms with Crippen LogP contribution in [0.15, 0.2) is 72.3 Å². The van der Waals surface area contributed by atoms with E-state index in [0.717, 1.165) is 31.2 Å². The van der Waals surface area contributed by atoms with Gasteiger partial charge < -0.3 is 15.9 Å². The molecule has 0 radical (unpaired) electrons. The van der Waals surface area contributed by atoms with Crippen LogP contribution in [0.2, 0.25) is 0 Å². The van der Waals surface area contributed by atoms with Gasteiger partial charge in [-0.2, -0.15) is 0 Å². The van der Waals surface area contributed by atoms with Crippen molar-refractivity contribution in [2.24, 2.45) is 23.5 Å². The van der Waals surface area contributed by atoms with Crippen molar-refractivity contribution in [3.63, 3.8) is 0 Å². The van der Waals surface area contributed by atoms with E-state index >= 15 is 0 Å². The molecule has 0 saturated heterocycles. The summed E-state index contributed by atoms with van der Waals surface area (Å²) < 4.78 is 0. The third-order valence-electron chi connectivity index (χ3n) is 6.99. The third kappa shape index (κ3) is 5.54. The Morgan fingerprint density at radius 3 is 2.65 bits per heavy atom. The summed E-state index contributed by atoms with van der Waals surface area (Å²) in [6.07, 6.45) is 10.2. The van der Waals surface area contributed by atoms with Crippen LogP contribution in [0, 0.1) is 24.7 Å². The van der Waals surface area contributed by atoms with E-state index in [2.05, 4.69) is 61.5 Å². The van der Waals surface area contributed by atoms with Gasteiger partial charge in [0, 0.05) is 18.9 Å². The molecule has 0 amide bonds. The predicted octanol–water partition coefficient (Wildman–Crippen LogP) is 4.49. The third-order valence-corrected chi connectivity index (χ3v) is 6.99. The topological polar surface area (TPSA) is 66.5 Å². The number of nitrogens with two attached hydrogens (primary N) is 1. The second kappa shape index (κ2) is 9.95. The molecule has 31 heavy (non-hydrogen) atoms. The van der Waals surface area contributed by atoms with E-state index in [1.165, 1.54) is 22.3 Å². The summed E-state index contributed by atoms with van der Waals surface area (Å²) >= 11 is 0. The molecule has 0 bridgehead atoms. The quantitative estimate of drug-likeness (QED) is 0.555. The summed E-state index contributed by atoms with van der Waals surface area (Å²) in [5.74, 6) is 1.05. The largest absolute Gasteiger partial charge is 0.392 e. The van der Waals surface area contributed by atoms with Crippen molar-refractivity contribution in [2.45, 2.75) is 57.8 Å². The van der Waals surface area contributed by atoms with Gasteiger partial charge in [-0.25, -0.2) is 0 Å². The molecule has 1 fully saturated rings. The fourth-order valence-electron chi connectivity index (χ4n) is 5.41. The van der Waals surface area contributed by atoms with Gasteiger partial charge in [0.05, 0.1) is 12.2 Å². The van der Waals surface area contributed by atoms with Gasteiger partial charge in [0.25, 0.3) is 0 Å². The summed E-state index contributed by atoms with van der Waals surface area (Å²) in [4.78, 5) is 0. The maximum absolute atomic E-state index is 10.6. The van der Waals surface area contributed by atoms with E-state index in [1.807, 2.05) is 12.1 Å². The van der Waals surface area contributed by atoms with Crippen LogP contribution in [0.5, 0.6) is 0 Å². The van der Waals surface area contributed by atoms with E-state index in [9.17, 15) is 10.2 Å². The summed E-state index contributed by atoms with van der Waals surface area (Å²) in [6, 6.07) is 16.8. The lowest BCUT2D eigenvalue weighted by Crippen LogP contribution is -2.18. The highest BCUT2D eigenvalue weighted by atomic mass is 16.3. The molecular formula is C28H35NO2. The second-order valence-corrected chi connectivity index (χ2v) is 9.41. The molecule has 2 aliphatic rings. The van der Waals surface area contributed by atoms with Crippen LogP contribution in [0.3, 0.4) is 0 Å². The van der Waals surface area contributed by atoms with Crippen LogP contribution in [-0.2, 0) is 19.4 Å². The molecule has 1 saturated carbocycles. The number of hydrogen-bond donors (Lipinski definition) is 3. The smallest absolute Gasteiger partial charge is 0.0761 e. The van der Waals surface area contributed by atoms with Gasteiger partial charge in [0.15, 0.2) is 0 Å². The van der Waals surface area contributed by atoms with Crippen LogP contribution in [-0.4, -0.2) is 22.4 Å². The van der Waals surface area contributed by atoms with Crippen LogP contribution < -0.4 is 5.73 Å². The van der Waals surface area contributed by atoms with Gasteiger partial charge in [-0.1, -0.05) is 77.9 Å². The van der Waals surface area contributed by atoms with Crippen LogP contribution in [0.25, 0.3) is 0 Å². The van der Waals surface area contributed by atoms with Crippen LogP contribution in [0.1, 0.15) is 41.5 Å². The second-order valence-electron chi connectivity index (χ2n) is 9.41. The van der Waals surface area contributed by atoms with Gasteiger partial charge >= 0.3 is 0 Å². The van der Waals surface area contributed by atoms with E-state index in [-0.39, 0.29) is 12.0 Å². The molecule has 0 spiro atoms. The molecule has 0 aromatic heterocycles. The normalized spacial score (nSPS) is 26.3. The van der Waals surface area contributed by atoms with E-state index < -0.39 is 6.10 Å². The zero-order chi connectivity index (χ0) is 21.8. The molecule has 2 aromatic carbocycles. The summed E-state index contributed by atoms with van der Waals surface area (Å²) in [6.45, 7) is 2.66. The first kappa shape index (κ1) is 22.0. The lowest BCUT2D eigenvalue weighted by molar-refractivity contribution is 0.140. The van der Waals surface area contributed by atoms with Crippen molar-refractivity contribution >= 4 is 0 Å². The first-order chi connectivity index (χ1) is 15.0. The van der Waals surface area contributed by atoms with Crippen molar-refractivity contribution in [2.75, 3.05) is 0 Å². The number of rotatable bonds is 8. The van der Waals surface area contributed by atoms with Crippen molar-refractivity contribution in [3.05, 3.63) is 94.6 Å². The Hall–Kier alpha value is -2.20. The average Bonchev–Trinajstić information content (AvgIpc) is 3.27. The molecule has 2 aliphatic carbocycles. The van der Waals surface area contributed by atoms with E-state index in [4.69, 9.17) is 5.73 Å². The van der Waals surface area contributed by atoms with Gasteiger partial charge in [-0.3, -0.25) is 0 Å². The van der Waals surface area contributed by atoms with Gasteiger partial charge in [-0.15, -0.1) is 0 Å². The molecule has 4 N–H and O–H groups in total. The zero-order valence-corrected chi connectivity index (χ0v) is 18.5. The maximum Gasteiger partial charge on any atom is 0.0761 e. The molecular weight excluding hydrogens is 382 g/mol.